The van der Waals surface area contributed by atoms with Crippen molar-refractivity contribution in [2.24, 2.45) is 5.92 Å². The molecule has 1 aromatic rings. The lowest BCUT2D eigenvalue weighted by atomic mass is 10.1. The number of Topliss-reactive ketones (excluding diaryl/α,β-unsaturated/α-hetero) is 1. The van der Waals surface area contributed by atoms with Gasteiger partial charge in [0.1, 0.15) is 18.2 Å². The number of carbonyl (C=O) groups excluding carboxylic acids is 1. The molecular formula is C13H17FO3. The lowest BCUT2D eigenvalue weighted by molar-refractivity contribution is 0.0702. The Labute approximate surface area is 101 Å². The fourth-order valence-electron chi connectivity index (χ4n) is 1.36. The molecule has 0 aliphatic heterocycles. The Hall–Kier alpha value is -1.42. The highest BCUT2D eigenvalue weighted by Gasteiger charge is 2.13. The maximum absolute atomic E-state index is 13.0. The standard InChI is InChI=1S/C13H17FO3/c1-9(2)7-17-8-12(15)11-6-10(14)4-5-13(11)16-3/h4-6,9H,7-8H2,1-3H3. The summed E-state index contributed by atoms with van der Waals surface area (Å²) in [4.78, 5) is 11.8. The van der Waals surface area contributed by atoms with Crippen molar-refractivity contribution in [3.8, 4) is 5.75 Å². The molecule has 1 aromatic carbocycles. The summed E-state index contributed by atoms with van der Waals surface area (Å²) in [6, 6.07) is 3.86. The maximum atomic E-state index is 13.0. The first-order chi connectivity index (χ1) is 8.04. The predicted molar refractivity (Wildman–Crippen MR) is 62.9 cm³/mol. The summed E-state index contributed by atoms with van der Waals surface area (Å²) in [5.74, 6) is -0.0123. The van der Waals surface area contributed by atoms with Gasteiger partial charge in [0.15, 0.2) is 5.78 Å². The van der Waals surface area contributed by atoms with Gasteiger partial charge >= 0.3 is 0 Å². The first-order valence-corrected chi connectivity index (χ1v) is 5.49. The zero-order valence-corrected chi connectivity index (χ0v) is 10.3. The largest absolute Gasteiger partial charge is 0.496 e. The quantitative estimate of drug-likeness (QED) is 0.717. The average molecular weight is 240 g/mol. The number of rotatable bonds is 6. The summed E-state index contributed by atoms with van der Waals surface area (Å²) < 4.78 is 23.3. The number of benzene rings is 1. The molecule has 0 N–H and O–H groups in total. The molecule has 17 heavy (non-hydrogen) atoms. The van der Waals surface area contributed by atoms with Crippen LogP contribution >= 0.6 is 0 Å². The Kier molecular flexibility index (Phi) is 5.10. The van der Waals surface area contributed by atoms with Gasteiger partial charge in [-0.05, 0) is 24.1 Å². The van der Waals surface area contributed by atoms with E-state index in [1.165, 1.54) is 25.3 Å². The van der Waals surface area contributed by atoms with Gasteiger partial charge < -0.3 is 9.47 Å². The monoisotopic (exact) mass is 240 g/mol. The molecule has 0 saturated heterocycles. The van der Waals surface area contributed by atoms with E-state index in [1.54, 1.807) is 0 Å². The zero-order valence-electron chi connectivity index (χ0n) is 10.3. The van der Waals surface area contributed by atoms with Crippen molar-refractivity contribution < 1.29 is 18.7 Å². The summed E-state index contributed by atoms with van der Waals surface area (Å²) in [5.41, 5.74) is 0.219. The smallest absolute Gasteiger partial charge is 0.192 e. The lowest BCUT2D eigenvalue weighted by Gasteiger charge is -2.09. The van der Waals surface area contributed by atoms with Gasteiger partial charge in [0, 0.05) is 6.61 Å². The minimum absolute atomic E-state index is 0.0575. The van der Waals surface area contributed by atoms with Crippen molar-refractivity contribution in [3.63, 3.8) is 0 Å². The van der Waals surface area contributed by atoms with Crippen LogP contribution in [0.3, 0.4) is 0 Å². The molecule has 0 aromatic heterocycles. The van der Waals surface area contributed by atoms with Crippen LogP contribution in [0.5, 0.6) is 5.75 Å². The summed E-state index contributed by atoms with van der Waals surface area (Å²) in [5, 5.41) is 0. The highest BCUT2D eigenvalue weighted by atomic mass is 19.1. The van der Waals surface area contributed by atoms with Gasteiger partial charge in [-0.15, -0.1) is 0 Å². The number of halogens is 1. The van der Waals surface area contributed by atoms with Gasteiger partial charge in [-0.3, -0.25) is 4.79 Å². The van der Waals surface area contributed by atoms with E-state index in [4.69, 9.17) is 9.47 Å². The molecule has 3 nitrogen and oxygen atoms in total. The molecule has 0 spiro atoms. The second-order valence-electron chi connectivity index (χ2n) is 4.18. The molecule has 0 amide bonds. The number of hydrogen-bond donors (Lipinski definition) is 0. The van der Waals surface area contributed by atoms with E-state index in [-0.39, 0.29) is 18.0 Å². The van der Waals surface area contributed by atoms with Gasteiger partial charge in [-0.2, -0.15) is 0 Å². The van der Waals surface area contributed by atoms with E-state index < -0.39 is 5.82 Å². The third-order valence-electron chi connectivity index (χ3n) is 2.15. The minimum Gasteiger partial charge on any atom is -0.496 e. The molecule has 94 valence electrons. The molecule has 0 aliphatic rings. The van der Waals surface area contributed by atoms with Gasteiger partial charge in [0.2, 0.25) is 0 Å². The molecule has 0 heterocycles. The van der Waals surface area contributed by atoms with E-state index in [9.17, 15) is 9.18 Å². The van der Waals surface area contributed by atoms with Crippen molar-refractivity contribution in [2.75, 3.05) is 20.3 Å². The topological polar surface area (TPSA) is 35.5 Å². The van der Waals surface area contributed by atoms with E-state index in [0.717, 1.165) is 0 Å². The highest BCUT2D eigenvalue weighted by Crippen LogP contribution is 2.19. The lowest BCUT2D eigenvalue weighted by Crippen LogP contribution is -2.13. The first kappa shape index (κ1) is 13.6. The zero-order chi connectivity index (χ0) is 12.8. The SMILES string of the molecule is COc1ccc(F)cc1C(=O)COCC(C)C. The number of methoxy groups -OCH3 is 1. The van der Waals surface area contributed by atoms with Crippen LogP contribution in [0.2, 0.25) is 0 Å². The molecular weight excluding hydrogens is 223 g/mol. The molecule has 0 aliphatic carbocycles. The van der Waals surface area contributed by atoms with Crippen LogP contribution in [0, 0.1) is 11.7 Å². The van der Waals surface area contributed by atoms with Crippen molar-refractivity contribution in [1.82, 2.24) is 0 Å². The molecule has 4 heteroatoms. The van der Waals surface area contributed by atoms with E-state index in [1.807, 2.05) is 13.8 Å². The fraction of sp³-hybridized carbons (Fsp3) is 0.462. The Morgan fingerprint density at radius 1 is 1.41 bits per heavy atom. The van der Waals surface area contributed by atoms with Crippen LogP contribution in [0.1, 0.15) is 24.2 Å². The van der Waals surface area contributed by atoms with Crippen molar-refractivity contribution in [1.29, 1.82) is 0 Å². The third kappa shape index (κ3) is 4.15. The van der Waals surface area contributed by atoms with Crippen LogP contribution in [0.25, 0.3) is 0 Å². The number of ether oxygens (including phenoxy) is 2. The Balaban J connectivity index is 2.70. The Morgan fingerprint density at radius 3 is 2.71 bits per heavy atom. The second kappa shape index (κ2) is 6.35. The van der Waals surface area contributed by atoms with Crippen LogP contribution in [0.15, 0.2) is 18.2 Å². The second-order valence-corrected chi connectivity index (χ2v) is 4.18. The number of hydrogen-bond acceptors (Lipinski definition) is 3. The normalized spacial score (nSPS) is 10.6. The molecule has 0 bridgehead atoms. The first-order valence-electron chi connectivity index (χ1n) is 5.49. The Bertz CT molecular complexity index is 388. The number of carbonyl (C=O) groups is 1. The van der Waals surface area contributed by atoms with Gasteiger partial charge in [0.05, 0.1) is 12.7 Å². The predicted octanol–water partition coefficient (Wildman–Crippen LogP) is 2.69. The highest BCUT2D eigenvalue weighted by molar-refractivity contribution is 5.99. The van der Waals surface area contributed by atoms with Crippen LogP contribution < -0.4 is 4.74 Å². The summed E-state index contributed by atoms with van der Waals surface area (Å²) in [6.45, 7) is 4.43. The van der Waals surface area contributed by atoms with Gasteiger partial charge in [-0.25, -0.2) is 4.39 Å². The maximum Gasteiger partial charge on any atom is 0.192 e. The molecule has 0 atom stereocenters. The Morgan fingerprint density at radius 2 is 2.12 bits per heavy atom. The average Bonchev–Trinajstić information content (AvgIpc) is 2.28. The number of ketones is 1. The molecule has 0 unspecified atom stereocenters. The molecule has 0 fully saturated rings. The van der Waals surface area contributed by atoms with E-state index in [0.29, 0.717) is 18.3 Å². The van der Waals surface area contributed by atoms with Gasteiger partial charge in [0.25, 0.3) is 0 Å². The fourth-order valence-corrected chi connectivity index (χ4v) is 1.36. The summed E-state index contributed by atoms with van der Waals surface area (Å²) in [6.07, 6.45) is 0. The third-order valence-corrected chi connectivity index (χ3v) is 2.15. The summed E-state index contributed by atoms with van der Waals surface area (Å²) >= 11 is 0. The van der Waals surface area contributed by atoms with Crippen LogP contribution in [0.4, 0.5) is 4.39 Å². The van der Waals surface area contributed by atoms with Gasteiger partial charge in [-0.1, -0.05) is 13.8 Å². The minimum atomic E-state index is -0.460. The molecule has 0 radical (unpaired) electrons. The van der Waals surface area contributed by atoms with E-state index in [2.05, 4.69) is 0 Å². The molecule has 0 saturated carbocycles. The summed E-state index contributed by atoms with van der Waals surface area (Å²) in [7, 11) is 1.44. The molecule has 1 rings (SSSR count). The van der Waals surface area contributed by atoms with Crippen molar-refractivity contribution >= 4 is 5.78 Å². The van der Waals surface area contributed by atoms with Crippen LogP contribution in [-0.4, -0.2) is 26.1 Å². The van der Waals surface area contributed by atoms with Crippen LogP contribution in [-0.2, 0) is 4.74 Å². The van der Waals surface area contributed by atoms with Crippen molar-refractivity contribution in [2.45, 2.75) is 13.8 Å². The van der Waals surface area contributed by atoms with E-state index >= 15 is 0 Å². The van der Waals surface area contributed by atoms with Crippen molar-refractivity contribution in [3.05, 3.63) is 29.6 Å².